The van der Waals surface area contributed by atoms with Crippen molar-refractivity contribution in [1.82, 2.24) is 14.9 Å². The first kappa shape index (κ1) is 12.4. The lowest BCUT2D eigenvalue weighted by Gasteiger charge is -2.22. The van der Waals surface area contributed by atoms with Gasteiger partial charge in [-0.1, -0.05) is 30.3 Å². The van der Waals surface area contributed by atoms with Crippen LogP contribution in [0.4, 0.5) is 0 Å². The number of hydrogen-bond donors (Lipinski definition) is 1. The molecule has 1 aliphatic rings. The zero-order valence-corrected chi connectivity index (χ0v) is 11.3. The van der Waals surface area contributed by atoms with E-state index in [-0.39, 0.29) is 0 Å². The summed E-state index contributed by atoms with van der Waals surface area (Å²) in [6, 6.07) is 10.6. The second-order valence-corrected chi connectivity index (χ2v) is 5.35. The van der Waals surface area contributed by atoms with Crippen LogP contribution in [0.25, 0.3) is 0 Å². The predicted octanol–water partition coefficient (Wildman–Crippen LogP) is 2.47. The molecule has 1 N–H and O–H groups in total. The highest BCUT2D eigenvalue weighted by Gasteiger charge is 2.16. The van der Waals surface area contributed by atoms with Crippen molar-refractivity contribution in [2.75, 3.05) is 13.1 Å². The van der Waals surface area contributed by atoms with Gasteiger partial charge in [-0.2, -0.15) is 0 Å². The number of nitrogens with zero attached hydrogens (tertiary/aromatic N) is 2. The highest BCUT2D eigenvalue weighted by atomic mass is 15.1. The smallest absolute Gasteiger partial charge is 0.109 e. The van der Waals surface area contributed by atoms with Crippen LogP contribution >= 0.6 is 0 Å². The molecule has 0 amide bonds. The number of imidazole rings is 1. The molecule has 3 heteroatoms. The van der Waals surface area contributed by atoms with Crippen molar-refractivity contribution in [3.8, 4) is 0 Å². The van der Waals surface area contributed by atoms with Crippen molar-refractivity contribution in [2.24, 2.45) is 5.92 Å². The minimum atomic E-state index is 0.790. The summed E-state index contributed by atoms with van der Waals surface area (Å²) in [6.07, 6.45) is 7.70. The molecular weight excluding hydrogens is 234 g/mol. The Labute approximate surface area is 114 Å². The molecule has 19 heavy (non-hydrogen) atoms. The molecule has 0 saturated carbocycles. The number of rotatable bonds is 4. The topological polar surface area (TPSA) is 29.9 Å². The summed E-state index contributed by atoms with van der Waals surface area (Å²) in [6.45, 7) is 3.25. The fourth-order valence-electron chi connectivity index (χ4n) is 2.80. The SMILES string of the molecule is c1ccc(Cn2ccnc2CC2CCNCC2)cc1. The van der Waals surface area contributed by atoms with Gasteiger partial charge in [0.2, 0.25) is 0 Å². The molecule has 0 spiro atoms. The number of benzene rings is 1. The van der Waals surface area contributed by atoms with Gasteiger partial charge < -0.3 is 9.88 Å². The van der Waals surface area contributed by atoms with Gasteiger partial charge in [0.25, 0.3) is 0 Å². The first-order chi connectivity index (χ1) is 9.42. The van der Waals surface area contributed by atoms with Crippen molar-refractivity contribution in [3.05, 3.63) is 54.1 Å². The van der Waals surface area contributed by atoms with Gasteiger partial charge >= 0.3 is 0 Å². The zero-order valence-electron chi connectivity index (χ0n) is 11.3. The molecule has 0 unspecified atom stereocenters. The van der Waals surface area contributed by atoms with E-state index in [1.165, 1.54) is 24.2 Å². The minimum Gasteiger partial charge on any atom is -0.331 e. The van der Waals surface area contributed by atoms with E-state index in [4.69, 9.17) is 0 Å². The van der Waals surface area contributed by atoms with Gasteiger partial charge in [-0.25, -0.2) is 4.98 Å². The number of hydrogen-bond acceptors (Lipinski definition) is 2. The Hall–Kier alpha value is -1.61. The Balaban J connectivity index is 1.68. The lowest BCUT2D eigenvalue weighted by molar-refractivity contribution is 0.363. The van der Waals surface area contributed by atoms with Crippen molar-refractivity contribution in [2.45, 2.75) is 25.8 Å². The second-order valence-electron chi connectivity index (χ2n) is 5.35. The molecule has 2 heterocycles. The van der Waals surface area contributed by atoms with Crippen LogP contribution in [0.5, 0.6) is 0 Å². The van der Waals surface area contributed by atoms with Gasteiger partial charge in [-0.05, 0) is 37.4 Å². The molecule has 1 aromatic heterocycles. The van der Waals surface area contributed by atoms with Gasteiger partial charge in [0, 0.05) is 25.4 Å². The summed E-state index contributed by atoms with van der Waals surface area (Å²) in [7, 11) is 0. The quantitative estimate of drug-likeness (QED) is 0.909. The highest BCUT2D eigenvalue weighted by molar-refractivity contribution is 5.15. The molecule has 1 fully saturated rings. The first-order valence-corrected chi connectivity index (χ1v) is 7.16. The fraction of sp³-hybridized carbons (Fsp3) is 0.438. The van der Waals surface area contributed by atoms with Crippen LogP contribution in [0.3, 0.4) is 0 Å². The average molecular weight is 255 g/mol. The Bertz CT molecular complexity index is 498. The van der Waals surface area contributed by atoms with Crippen LogP contribution in [0.15, 0.2) is 42.7 Å². The maximum atomic E-state index is 4.55. The van der Waals surface area contributed by atoms with Gasteiger partial charge in [0.15, 0.2) is 0 Å². The summed E-state index contributed by atoms with van der Waals surface area (Å²) in [5.41, 5.74) is 1.34. The molecule has 100 valence electrons. The maximum Gasteiger partial charge on any atom is 0.109 e. The number of piperidine rings is 1. The summed E-state index contributed by atoms with van der Waals surface area (Å²) in [5.74, 6) is 2.02. The first-order valence-electron chi connectivity index (χ1n) is 7.16. The maximum absolute atomic E-state index is 4.55. The summed E-state index contributed by atoms with van der Waals surface area (Å²) >= 11 is 0. The molecule has 3 nitrogen and oxygen atoms in total. The Morgan fingerprint density at radius 3 is 2.74 bits per heavy atom. The van der Waals surface area contributed by atoms with Crippen molar-refractivity contribution < 1.29 is 0 Å². The lowest BCUT2D eigenvalue weighted by Crippen LogP contribution is -2.29. The molecular formula is C16H21N3. The normalized spacial score (nSPS) is 16.6. The summed E-state index contributed by atoms with van der Waals surface area (Å²) < 4.78 is 2.29. The zero-order chi connectivity index (χ0) is 12.9. The lowest BCUT2D eigenvalue weighted by atomic mass is 9.94. The summed E-state index contributed by atoms with van der Waals surface area (Å²) in [4.78, 5) is 4.55. The Morgan fingerprint density at radius 1 is 1.16 bits per heavy atom. The second kappa shape index (κ2) is 6.02. The Morgan fingerprint density at radius 2 is 1.95 bits per heavy atom. The average Bonchev–Trinajstić information content (AvgIpc) is 2.88. The molecule has 0 atom stereocenters. The molecule has 1 saturated heterocycles. The molecule has 0 bridgehead atoms. The summed E-state index contributed by atoms with van der Waals surface area (Å²) in [5, 5.41) is 3.42. The fourth-order valence-corrected chi connectivity index (χ4v) is 2.80. The number of aromatic nitrogens is 2. The van der Waals surface area contributed by atoms with Crippen LogP contribution in [0.1, 0.15) is 24.2 Å². The van der Waals surface area contributed by atoms with Crippen LogP contribution in [-0.4, -0.2) is 22.6 Å². The van der Waals surface area contributed by atoms with Gasteiger partial charge in [0.05, 0.1) is 0 Å². The van der Waals surface area contributed by atoms with E-state index in [2.05, 4.69) is 51.4 Å². The molecule has 3 rings (SSSR count). The van der Waals surface area contributed by atoms with Crippen molar-refractivity contribution in [3.63, 3.8) is 0 Å². The van der Waals surface area contributed by atoms with Crippen LogP contribution in [0, 0.1) is 5.92 Å². The van der Waals surface area contributed by atoms with E-state index >= 15 is 0 Å². The minimum absolute atomic E-state index is 0.790. The monoisotopic (exact) mass is 255 g/mol. The molecule has 0 aliphatic carbocycles. The van der Waals surface area contributed by atoms with E-state index < -0.39 is 0 Å². The van der Waals surface area contributed by atoms with Gasteiger partial charge in [-0.3, -0.25) is 0 Å². The van der Waals surface area contributed by atoms with Crippen molar-refractivity contribution >= 4 is 0 Å². The third-order valence-corrected chi connectivity index (χ3v) is 3.93. The standard InChI is InChI=1S/C16H21N3/c1-2-4-15(5-3-1)13-19-11-10-18-16(19)12-14-6-8-17-9-7-14/h1-5,10-11,14,17H,6-9,12-13H2. The van der Waals surface area contributed by atoms with Crippen LogP contribution in [0.2, 0.25) is 0 Å². The van der Waals surface area contributed by atoms with E-state index in [1.54, 1.807) is 0 Å². The Kier molecular flexibility index (Phi) is 3.94. The largest absolute Gasteiger partial charge is 0.331 e. The molecule has 0 radical (unpaired) electrons. The van der Waals surface area contributed by atoms with E-state index in [1.807, 2.05) is 6.20 Å². The van der Waals surface area contributed by atoms with E-state index in [9.17, 15) is 0 Å². The van der Waals surface area contributed by atoms with Crippen molar-refractivity contribution in [1.29, 1.82) is 0 Å². The number of nitrogens with one attached hydrogen (secondary N) is 1. The molecule has 1 aromatic carbocycles. The molecule has 2 aromatic rings. The van der Waals surface area contributed by atoms with Crippen LogP contribution in [-0.2, 0) is 13.0 Å². The predicted molar refractivity (Wildman–Crippen MR) is 77.1 cm³/mol. The third kappa shape index (κ3) is 3.24. The van der Waals surface area contributed by atoms with Gasteiger partial charge in [-0.15, -0.1) is 0 Å². The van der Waals surface area contributed by atoms with E-state index in [0.717, 1.165) is 32.0 Å². The molecule has 1 aliphatic heterocycles. The van der Waals surface area contributed by atoms with E-state index in [0.29, 0.717) is 0 Å². The van der Waals surface area contributed by atoms with Crippen LogP contribution < -0.4 is 5.32 Å². The third-order valence-electron chi connectivity index (χ3n) is 3.93. The van der Waals surface area contributed by atoms with Gasteiger partial charge in [0.1, 0.15) is 5.82 Å². The highest BCUT2D eigenvalue weighted by Crippen LogP contribution is 2.17.